The standard InChI is InChI=1S/C13H14N2O/c1-2-6-13(16)15(10-9-14)11-12-7-4-3-5-8-12/h2-8H,10-11H2,1H3. The number of amides is 1. The van der Waals surface area contributed by atoms with Crippen molar-refractivity contribution >= 4 is 5.91 Å². The molecule has 0 aliphatic carbocycles. The van der Waals surface area contributed by atoms with Crippen LogP contribution < -0.4 is 0 Å². The van der Waals surface area contributed by atoms with Gasteiger partial charge in [-0.15, -0.1) is 0 Å². The van der Waals surface area contributed by atoms with E-state index in [4.69, 9.17) is 5.26 Å². The molecule has 0 saturated heterocycles. The highest BCUT2D eigenvalue weighted by Crippen LogP contribution is 2.04. The van der Waals surface area contributed by atoms with E-state index in [1.807, 2.05) is 36.4 Å². The van der Waals surface area contributed by atoms with Crippen LogP contribution in [0.15, 0.2) is 42.5 Å². The molecule has 0 fully saturated rings. The van der Waals surface area contributed by atoms with Gasteiger partial charge in [-0.3, -0.25) is 4.79 Å². The van der Waals surface area contributed by atoms with Gasteiger partial charge in [-0.1, -0.05) is 36.4 Å². The monoisotopic (exact) mass is 214 g/mol. The lowest BCUT2D eigenvalue weighted by atomic mass is 10.2. The number of allylic oxidation sites excluding steroid dienone is 1. The van der Waals surface area contributed by atoms with Crippen molar-refractivity contribution in [2.24, 2.45) is 0 Å². The summed E-state index contributed by atoms with van der Waals surface area (Å²) in [4.78, 5) is 13.1. The first-order valence-corrected chi connectivity index (χ1v) is 5.10. The van der Waals surface area contributed by atoms with Gasteiger partial charge >= 0.3 is 0 Å². The van der Waals surface area contributed by atoms with Crippen LogP contribution >= 0.6 is 0 Å². The lowest BCUT2D eigenvalue weighted by Gasteiger charge is -2.17. The number of carbonyl (C=O) groups is 1. The minimum Gasteiger partial charge on any atom is -0.322 e. The van der Waals surface area contributed by atoms with E-state index in [-0.39, 0.29) is 12.5 Å². The largest absolute Gasteiger partial charge is 0.322 e. The minimum atomic E-state index is -0.132. The maximum absolute atomic E-state index is 11.6. The van der Waals surface area contributed by atoms with Gasteiger partial charge in [0.25, 0.3) is 0 Å². The molecule has 0 radical (unpaired) electrons. The van der Waals surface area contributed by atoms with E-state index in [0.717, 1.165) is 5.56 Å². The second-order valence-electron chi connectivity index (χ2n) is 3.34. The summed E-state index contributed by atoms with van der Waals surface area (Å²) >= 11 is 0. The molecular formula is C13H14N2O. The molecule has 0 spiro atoms. The summed E-state index contributed by atoms with van der Waals surface area (Å²) in [5, 5.41) is 8.66. The van der Waals surface area contributed by atoms with Crippen LogP contribution in [0.25, 0.3) is 0 Å². The third-order valence-electron chi connectivity index (χ3n) is 2.10. The molecule has 0 N–H and O–H groups in total. The zero-order valence-electron chi connectivity index (χ0n) is 9.26. The van der Waals surface area contributed by atoms with E-state index < -0.39 is 0 Å². The lowest BCUT2D eigenvalue weighted by Crippen LogP contribution is -2.29. The molecule has 3 nitrogen and oxygen atoms in total. The molecule has 0 heterocycles. The summed E-state index contributed by atoms with van der Waals surface area (Å²) < 4.78 is 0. The molecule has 0 unspecified atom stereocenters. The van der Waals surface area contributed by atoms with E-state index in [1.54, 1.807) is 13.0 Å². The van der Waals surface area contributed by atoms with E-state index in [1.165, 1.54) is 11.0 Å². The molecule has 1 aromatic rings. The van der Waals surface area contributed by atoms with Crippen molar-refractivity contribution in [3.8, 4) is 6.07 Å². The smallest absolute Gasteiger partial charge is 0.247 e. The fraction of sp³-hybridized carbons (Fsp3) is 0.231. The lowest BCUT2D eigenvalue weighted by molar-refractivity contribution is -0.126. The molecule has 1 rings (SSSR count). The Bertz CT molecular complexity index is 404. The second-order valence-corrected chi connectivity index (χ2v) is 3.34. The van der Waals surface area contributed by atoms with Crippen molar-refractivity contribution in [2.45, 2.75) is 13.5 Å². The highest BCUT2D eigenvalue weighted by molar-refractivity contribution is 5.87. The van der Waals surface area contributed by atoms with Crippen molar-refractivity contribution in [1.82, 2.24) is 4.90 Å². The van der Waals surface area contributed by atoms with E-state index in [2.05, 4.69) is 0 Å². The van der Waals surface area contributed by atoms with Gasteiger partial charge in [-0.2, -0.15) is 5.26 Å². The van der Waals surface area contributed by atoms with Crippen molar-refractivity contribution in [3.63, 3.8) is 0 Å². The number of nitrogens with zero attached hydrogens (tertiary/aromatic N) is 2. The molecule has 0 aromatic heterocycles. The molecule has 0 atom stereocenters. The molecule has 16 heavy (non-hydrogen) atoms. The van der Waals surface area contributed by atoms with Crippen molar-refractivity contribution in [2.75, 3.05) is 6.54 Å². The van der Waals surface area contributed by atoms with Crippen molar-refractivity contribution in [3.05, 3.63) is 48.0 Å². The van der Waals surface area contributed by atoms with Crippen LogP contribution in [-0.4, -0.2) is 17.4 Å². The van der Waals surface area contributed by atoms with Crippen LogP contribution in [0.3, 0.4) is 0 Å². The minimum absolute atomic E-state index is 0.109. The average molecular weight is 214 g/mol. The van der Waals surface area contributed by atoms with Gasteiger partial charge in [0.2, 0.25) is 5.91 Å². The van der Waals surface area contributed by atoms with Crippen molar-refractivity contribution < 1.29 is 4.79 Å². The Hall–Kier alpha value is -2.08. The third kappa shape index (κ3) is 3.58. The van der Waals surface area contributed by atoms with Gasteiger partial charge in [0, 0.05) is 6.54 Å². The Kier molecular flexibility index (Phi) is 4.81. The average Bonchev–Trinajstić information content (AvgIpc) is 2.30. The van der Waals surface area contributed by atoms with Crippen LogP contribution in [0, 0.1) is 11.3 Å². The second kappa shape index (κ2) is 6.41. The van der Waals surface area contributed by atoms with Crippen molar-refractivity contribution in [1.29, 1.82) is 5.26 Å². The van der Waals surface area contributed by atoms with Crippen LogP contribution in [0.4, 0.5) is 0 Å². The predicted octanol–water partition coefficient (Wildman–Crippen LogP) is 2.11. The molecule has 3 heteroatoms. The maximum atomic E-state index is 11.6. The Morgan fingerprint density at radius 2 is 2.12 bits per heavy atom. The molecule has 82 valence electrons. The number of hydrogen-bond acceptors (Lipinski definition) is 2. The number of benzene rings is 1. The third-order valence-corrected chi connectivity index (χ3v) is 2.10. The highest BCUT2D eigenvalue weighted by atomic mass is 16.2. The van der Waals surface area contributed by atoms with Gasteiger partial charge in [-0.25, -0.2) is 0 Å². The molecular weight excluding hydrogens is 200 g/mol. The van der Waals surface area contributed by atoms with E-state index >= 15 is 0 Å². The van der Waals surface area contributed by atoms with Gasteiger partial charge in [0.1, 0.15) is 6.54 Å². The number of hydrogen-bond donors (Lipinski definition) is 0. The van der Waals surface area contributed by atoms with E-state index in [9.17, 15) is 4.79 Å². The first-order chi connectivity index (χ1) is 7.77. The summed E-state index contributed by atoms with van der Waals surface area (Å²) in [6.45, 7) is 2.36. The zero-order valence-corrected chi connectivity index (χ0v) is 9.26. The Morgan fingerprint density at radius 3 is 2.69 bits per heavy atom. The van der Waals surface area contributed by atoms with Gasteiger partial charge in [0.15, 0.2) is 0 Å². The molecule has 0 aliphatic rings. The summed E-state index contributed by atoms with van der Waals surface area (Å²) in [7, 11) is 0. The van der Waals surface area contributed by atoms with Crippen LogP contribution in [0.1, 0.15) is 12.5 Å². The first kappa shape index (κ1) is 12.0. The molecule has 0 aliphatic heterocycles. The fourth-order valence-electron chi connectivity index (χ4n) is 1.35. The zero-order chi connectivity index (χ0) is 11.8. The first-order valence-electron chi connectivity index (χ1n) is 5.10. The van der Waals surface area contributed by atoms with Crippen LogP contribution in [0.2, 0.25) is 0 Å². The van der Waals surface area contributed by atoms with Crippen LogP contribution in [-0.2, 0) is 11.3 Å². The van der Waals surface area contributed by atoms with Gasteiger partial charge in [0.05, 0.1) is 6.07 Å². The molecule has 0 saturated carbocycles. The summed E-state index contributed by atoms with van der Waals surface area (Å²) in [6, 6.07) is 11.6. The Labute approximate surface area is 95.6 Å². The predicted molar refractivity (Wildman–Crippen MR) is 62.3 cm³/mol. The quantitative estimate of drug-likeness (QED) is 0.569. The summed E-state index contributed by atoms with van der Waals surface area (Å²) in [6.07, 6.45) is 3.15. The molecule has 0 bridgehead atoms. The van der Waals surface area contributed by atoms with E-state index in [0.29, 0.717) is 6.54 Å². The molecule has 1 aromatic carbocycles. The SMILES string of the molecule is CC=CC(=O)N(CC#N)Cc1ccccc1. The topological polar surface area (TPSA) is 44.1 Å². The number of rotatable bonds is 4. The van der Waals surface area contributed by atoms with Gasteiger partial charge < -0.3 is 4.90 Å². The van der Waals surface area contributed by atoms with Crippen LogP contribution in [0.5, 0.6) is 0 Å². The van der Waals surface area contributed by atoms with Gasteiger partial charge in [-0.05, 0) is 18.6 Å². The number of nitriles is 1. The molecule has 1 amide bonds. The normalized spacial score (nSPS) is 10.0. The highest BCUT2D eigenvalue weighted by Gasteiger charge is 2.09. The maximum Gasteiger partial charge on any atom is 0.247 e. The Morgan fingerprint density at radius 1 is 1.44 bits per heavy atom. The fourth-order valence-corrected chi connectivity index (χ4v) is 1.35. The summed E-state index contributed by atoms with van der Waals surface area (Å²) in [5.41, 5.74) is 1.02. The summed E-state index contributed by atoms with van der Waals surface area (Å²) in [5.74, 6) is -0.132. The Balaban J connectivity index is 2.73. The number of carbonyl (C=O) groups excluding carboxylic acids is 1.